The van der Waals surface area contributed by atoms with Crippen LogP contribution in [0.5, 0.6) is 0 Å². The Kier molecular flexibility index (Phi) is 6.05. The lowest BCUT2D eigenvalue weighted by Crippen LogP contribution is -2.09. The Hall–Kier alpha value is -6.10. The zero-order valence-electron chi connectivity index (χ0n) is 25.9. The number of benzene rings is 7. The van der Waals surface area contributed by atoms with E-state index >= 15 is 0 Å². The number of nitrogens with zero attached hydrogens (tertiary/aromatic N) is 2. The fourth-order valence-electron chi connectivity index (χ4n) is 7.19. The van der Waals surface area contributed by atoms with Crippen molar-refractivity contribution in [1.29, 1.82) is 0 Å². The lowest BCUT2D eigenvalue weighted by molar-refractivity contribution is 0.673. The smallest absolute Gasteiger partial charge is 0.154 e. The van der Waals surface area contributed by atoms with Crippen molar-refractivity contribution in [2.75, 3.05) is 4.90 Å². The van der Waals surface area contributed by atoms with Crippen molar-refractivity contribution >= 4 is 81.5 Å². The molecule has 0 saturated heterocycles. The predicted octanol–water partition coefficient (Wildman–Crippen LogP) is 13.0. The van der Waals surface area contributed by atoms with Crippen LogP contribution in [0.25, 0.3) is 70.0 Å². The molecule has 10 aromatic rings. The average Bonchev–Trinajstić information content (AvgIpc) is 3.80. The highest BCUT2D eigenvalue weighted by molar-refractivity contribution is 7.26. The molecule has 0 aliphatic rings. The van der Waals surface area contributed by atoms with E-state index in [2.05, 4.69) is 167 Å². The fourth-order valence-corrected chi connectivity index (χ4v) is 8.38. The van der Waals surface area contributed by atoms with E-state index < -0.39 is 0 Å². The van der Waals surface area contributed by atoms with Gasteiger partial charge in [0.2, 0.25) is 0 Å². The van der Waals surface area contributed by atoms with Gasteiger partial charge in [-0.05, 0) is 96.1 Å². The molecule has 3 nitrogen and oxygen atoms in total. The third-order valence-electron chi connectivity index (χ3n) is 9.37. The van der Waals surface area contributed by atoms with E-state index in [1.54, 1.807) is 11.3 Å². The Morgan fingerprint density at radius 2 is 1.15 bits per heavy atom. The maximum Gasteiger partial charge on any atom is 0.154 e. The van der Waals surface area contributed by atoms with Gasteiger partial charge in [-0.3, -0.25) is 0 Å². The molecule has 0 aliphatic heterocycles. The largest absolute Gasteiger partial charge is 0.454 e. The molecule has 0 fully saturated rings. The molecule has 0 N–H and O–H groups in total. The molecule has 10 rings (SSSR count). The van der Waals surface area contributed by atoms with Crippen LogP contribution in [0.2, 0.25) is 0 Å². The van der Waals surface area contributed by atoms with Gasteiger partial charge in [0.25, 0.3) is 0 Å². The van der Waals surface area contributed by atoms with Gasteiger partial charge in [0.15, 0.2) is 5.58 Å². The molecule has 0 radical (unpaired) electrons. The summed E-state index contributed by atoms with van der Waals surface area (Å²) >= 11 is 1.80. The highest BCUT2D eigenvalue weighted by Crippen LogP contribution is 2.44. The fraction of sp³-hybridized carbons (Fsp3) is 0. The Morgan fingerprint density at radius 3 is 2.02 bits per heavy atom. The van der Waals surface area contributed by atoms with Gasteiger partial charge in [0, 0.05) is 49.0 Å². The van der Waals surface area contributed by atoms with Gasteiger partial charge < -0.3 is 13.9 Å². The predicted molar refractivity (Wildman–Crippen MR) is 204 cm³/mol. The van der Waals surface area contributed by atoms with Crippen LogP contribution in [0, 0.1) is 0 Å². The molecule has 0 unspecified atom stereocenters. The number of fused-ring (bicyclic) bond motifs is 8. The second-order valence-corrected chi connectivity index (χ2v) is 13.2. The second kappa shape index (κ2) is 10.7. The van der Waals surface area contributed by atoms with Gasteiger partial charge in [-0.2, -0.15) is 0 Å². The second-order valence-electron chi connectivity index (χ2n) is 12.2. The molecule has 3 aromatic heterocycles. The van der Waals surface area contributed by atoms with E-state index in [4.69, 9.17) is 4.42 Å². The van der Waals surface area contributed by atoms with Crippen molar-refractivity contribution in [3.63, 3.8) is 0 Å². The maximum atomic E-state index is 6.32. The first-order valence-electron chi connectivity index (χ1n) is 16.2. The highest BCUT2D eigenvalue weighted by Gasteiger charge is 2.19. The molecule has 0 amide bonds. The number of rotatable bonds is 5. The Bertz CT molecular complexity index is 2790. The summed E-state index contributed by atoms with van der Waals surface area (Å²) in [6.07, 6.45) is 0. The molecular formula is C44H28N2OS. The quantitative estimate of drug-likeness (QED) is 0.188. The number of thiophene rings is 1. The maximum absolute atomic E-state index is 6.32. The van der Waals surface area contributed by atoms with E-state index in [-0.39, 0.29) is 0 Å². The summed E-state index contributed by atoms with van der Waals surface area (Å²) < 4.78 is 11.1. The standard InChI is InChI=1S/C44H28N2OS/c1-3-13-31(14-4-1)45(34-23-24-37-42(28-34)48-44-36-19-8-10-21-41(36)47-43(37)44)33-17-11-12-29(26-33)30-22-25-40-38(27-30)35-18-7-9-20-39(35)46(40)32-15-5-2-6-16-32/h1-28H. The zero-order valence-corrected chi connectivity index (χ0v) is 26.7. The number of aromatic nitrogens is 1. The van der Waals surface area contributed by atoms with Crippen molar-refractivity contribution < 1.29 is 4.42 Å². The SMILES string of the molecule is c1ccc(N(c2cccc(-c3ccc4c(c3)c3ccccc3n4-c3ccccc3)c2)c2ccc3c(c2)sc2c4ccccc4oc32)cc1. The van der Waals surface area contributed by atoms with Gasteiger partial charge in [0.1, 0.15) is 5.58 Å². The molecule has 0 aliphatic carbocycles. The minimum absolute atomic E-state index is 0.940. The van der Waals surface area contributed by atoms with E-state index in [0.717, 1.165) is 33.6 Å². The lowest BCUT2D eigenvalue weighted by Gasteiger charge is -2.26. The van der Waals surface area contributed by atoms with E-state index in [0.29, 0.717) is 0 Å². The van der Waals surface area contributed by atoms with E-state index in [9.17, 15) is 0 Å². The minimum Gasteiger partial charge on any atom is -0.454 e. The van der Waals surface area contributed by atoms with Crippen LogP contribution in [0.15, 0.2) is 174 Å². The van der Waals surface area contributed by atoms with Crippen molar-refractivity contribution in [3.8, 4) is 16.8 Å². The molecule has 0 bridgehead atoms. The van der Waals surface area contributed by atoms with Crippen molar-refractivity contribution in [2.45, 2.75) is 0 Å². The Balaban J connectivity index is 1.11. The van der Waals surface area contributed by atoms with Gasteiger partial charge >= 0.3 is 0 Å². The zero-order chi connectivity index (χ0) is 31.6. The number of hydrogen-bond acceptors (Lipinski definition) is 3. The lowest BCUT2D eigenvalue weighted by atomic mass is 10.0. The summed E-state index contributed by atoms with van der Waals surface area (Å²) in [7, 11) is 0. The number of furan rings is 1. The summed E-state index contributed by atoms with van der Waals surface area (Å²) in [5, 5.41) is 4.83. The van der Waals surface area contributed by atoms with Crippen molar-refractivity contribution in [1.82, 2.24) is 4.57 Å². The first-order chi connectivity index (χ1) is 23.8. The van der Waals surface area contributed by atoms with Crippen LogP contribution in [0.4, 0.5) is 17.1 Å². The van der Waals surface area contributed by atoms with Crippen molar-refractivity contribution in [3.05, 3.63) is 170 Å². The van der Waals surface area contributed by atoms with Crippen LogP contribution in [-0.4, -0.2) is 4.57 Å². The monoisotopic (exact) mass is 632 g/mol. The number of hydrogen-bond donors (Lipinski definition) is 0. The average molecular weight is 633 g/mol. The molecular weight excluding hydrogens is 605 g/mol. The minimum atomic E-state index is 0.940. The molecule has 7 aromatic carbocycles. The molecule has 0 saturated carbocycles. The van der Waals surface area contributed by atoms with Gasteiger partial charge in [-0.25, -0.2) is 0 Å². The van der Waals surface area contributed by atoms with Crippen LogP contribution in [0.3, 0.4) is 0 Å². The summed E-state index contributed by atoms with van der Waals surface area (Å²) in [6.45, 7) is 0. The topological polar surface area (TPSA) is 21.3 Å². The van der Waals surface area contributed by atoms with E-state index in [1.807, 2.05) is 12.1 Å². The molecule has 226 valence electrons. The van der Waals surface area contributed by atoms with Gasteiger partial charge in [0.05, 0.1) is 15.7 Å². The van der Waals surface area contributed by atoms with E-state index in [1.165, 1.54) is 53.4 Å². The number of para-hydroxylation sites is 4. The normalized spacial score (nSPS) is 11.8. The van der Waals surface area contributed by atoms with Gasteiger partial charge in [-0.15, -0.1) is 11.3 Å². The third-order valence-corrected chi connectivity index (χ3v) is 10.5. The Labute approximate surface area is 281 Å². The molecule has 48 heavy (non-hydrogen) atoms. The van der Waals surface area contributed by atoms with Crippen LogP contribution < -0.4 is 4.90 Å². The first kappa shape index (κ1) is 27.1. The highest BCUT2D eigenvalue weighted by atomic mass is 32.1. The summed E-state index contributed by atoms with van der Waals surface area (Å²) in [5.41, 5.74) is 11.2. The first-order valence-corrected chi connectivity index (χ1v) is 17.0. The molecule has 4 heteroatoms. The molecule has 3 heterocycles. The van der Waals surface area contributed by atoms with Crippen LogP contribution >= 0.6 is 11.3 Å². The van der Waals surface area contributed by atoms with Crippen LogP contribution in [-0.2, 0) is 0 Å². The Morgan fingerprint density at radius 1 is 0.458 bits per heavy atom. The molecule has 0 atom stereocenters. The van der Waals surface area contributed by atoms with Gasteiger partial charge in [-0.1, -0.05) is 84.9 Å². The number of anilines is 3. The third kappa shape index (κ3) is 4.20. The van der Waals surface area contributed by atoms with Crippen LogP contribution in [0.1, 0.15) is 0 Å². The summed E-state index contributed by atoms with van der Waals surface area (Å²) in [6, 6.07) is 60.7. The molecule has 0 spiro atoms. The summed E-state index contributed by atoms with van der Waals surface area (Å²) in [5.74, 6) is 0. The van der Waals surface area contributed by atoms with Crippen molar-refractivity contribution in [2.24, 2.45) is 0 Å². The summed E-state index contributed by atoms with van der Waals surface area (Å²) in [4.78, 5) is 2.35.